The summed E-state index contributed by atoms with van der Waals surface area (Å²) >= 11 is 1.66. The van der Waals surface area contributed by atoms with Crippen molar-refractivity contribution >= 4 is 39.0 Å². The van der Waals surface area contributed by atoms with Crippen LogP contribution in [-0.4, -0.2) is 19.2 Å². The molecule has 6 nitrogen and oxygen atoms in total. The Morgan fingerprint density at radius 2 is 1.77 bits per heavy atom. The number of thiophene rings is 1. The van der Waals surface area contributed by atoms with E-state index in [2.05, 4.69) is 17.3 Å². The van der Waals surface area contributed by atoms with E-state index < -0.39 is 0 Å². The van der Waals surface area contributed by atoms with E-state index >= 15 is 0 Å². The minimum Gasteiger partial charge on any atom is -0.324 e. The van der Waals surface area contributed by atoms with Gasteiger partial charge in [0.05, 0.1) is 11.1 Å². The molecule has 2 aromatic carbocycles. The Bertz CT molecular complexity index is 1480. The molecule has 154 valence electrons. The molecule has 0 fully saturated rings. The van der Waals surface area contributed by atoms with Gasteiger partial charge in [0, 0.05) is 10.6 Å². The average Bonchev–Trinajstić information content (AvgIpc) is 3.34. The lowest BCUT2D eigenvalue weighted by Crippen LogP contribution is -2.17. The van der Waals surface area contributed by atoms with Crippen molar-refractivity contribution in [3.63, 3.8) is 0 Å². The van der Waals surface area contributed by atoms with Gasteiger partial charge in [-0.15, -0.1) is 16.4 Å². The molecule has 1 aliphatic carbocycles. The second-order valence-corrected chi connectivity index (χ2v) is 9.09. The number of fused-ring (bicyclic) bond motifs is 4. The third kappa shape index (κ3) is 2.96. The summed E-state index contributed by atoms with van der Waals surface area (Å²) in [6.45, 7) is 2.06. The number of hydrogen-bond acceptors (Lipinski definition) is 5. The van der Waals surface area contributed by atoms with Crippen LogP contribution in [0.1, 0.15) is 28.8 Å². The van der Waals surface area contributed by atoms with Gasteiger partial charge in [-0.05, 0) is 62.4 Å². The lowest BCUT2D eigenvalue weighted by molar-refractivity contribution is 0.699. The quantitative estimate of drug-likeness (QED) is 0.439. The zero-order valence-corrected chi connectivity index (χ0v) is 17.9. The van der Waals surface area contributed by atoms with Crippen molar-refractivity contribution in [2.75, 3.05) is 5.32 Å². The number of hydrogen-bond donors (Lipinski definition) is 1. The van der Waals surface area contributed by atoms with Crippen LogP contribution in [0.5, 0.6) is 0 Å². The minimum atomic E-state index is -0.0824. The van der Waals surface area contributed by atoms with Crippen molar-refractivity contribution in [2.24, 2.45) is 0 Å². The van der Waals surface area contributed by atoms with Gasteiger partial charge in [-0.1, -0.05) is 35.9 Å². The molecule has 7 heteroatoms. The number of benzene rings is 2. The molecule has 3 heterocycles. The lowest BCUT2D eigenvalue weighted by atomic mass is 9.97. The molecular formula is C24H21N5OS. The van der Waals surface area contributed by atoms with Crippen LogP contribution in [0.4, 0.5) is 11.6 Å². The summed E-state index contributed by atoms with van der Waals surface area (Å²) in [4.78, 5) is 20.6. The van der Waals surface area contributed by atoms with Crippen molar-refractivity contribution < 1.29 is 0 Å². The largest absolute Gasteiger partial charge is 0.324 e. The zero-order chi connectivity index (χ0) is 20.9. The number of anilines is 2. The highest BCUT2D eigenvalue weighted by atomic mass is 32.1. The van der Waals surface area contributed by atoms with Crippen LogP contribution < -0.4 is 10.9 Å². The zero-order valence-electron chi connectivity index (χ0n) is 17.1. The van der Waals surface area contributed by atoms with Gasteiger partial charge < -0.3 is 5.32 Å². The maximum Gasteiger partial charge on any atom is 0.284 e. The first-order chi connectivity index (χ1) is 15.2. The molecule has 3 aromatic heterocycles. The molecule has 6 rings (SSSR count). The van der Waals surface area contributed by atoms with E-state index in [4.69, 9.17) is 4.98 Å². The van der Waals surface area contributed by atoms with Crippen LogP contribution in [0.25, 0.3) is 21.7 Å². The second-order valence-electron chi connectivity index (χ2n) is 8.01. The Hall–Kier alpha value is -3.45. The molecular weight excluding hydrogens is 406 g/mol. The summed E-state index contributed by atoms with van der Waals surface area (Å²) in [5.41, 5.74) is 4.09. The van der Waals surface area contributed by atoms with Crippen molar-refractivity contribution in [1.82, 2.24) is 19.2 Å². The van der Waals surface area contributed by atoms with Crippen molar-refractivity contribution in [1.29, 1.82) is 0 Å². The highest BCUT2D eigenvalue weighted by molar-refractivity contribution is 7.18. The molecule has 5 aromatic rings. The molecule has 31 heavy (non-hydrogen) atoms. The molecule has 1 aliphatic rings. The van der Waals surface area contributed by atoms with Crippen molar-refractivity contribution in [2.45, 2.75) is 32.6 Å². The van der Waals surface area contributed by atoms with E-state index in [0.29, 0.717) is 11.7 Å². The molecule has 0 radical (unpaired) electrons. The van der Waals surface area contributed by atoms with Crippen molar-refractivity contribution in [3.05, 3.63) is 81.0 Å². The van der Waals surface area contributed by atoms with Gasteiger partial charge in [0.25, 0.3) is 5.56 Å². The van der Waals surface area contributed by atoms with E-state index in [1.807, 2.05) is 59.2 Å². The van der Waals surface area contributed by atoms with E-state index in [9.17, 15) is 4.79 Å². The number of nitrogens with zero attached hydrogens (tertiary/aromatic N) is 4. The van der Waals surface area contributed by atoms with Crippen LogP contribution >= 0.6 is 11.3 Å². The Morgan fingerprint density at radius 1 is 1.00 bits per heavy atom. The lowest BCUT2D eigenvalue weighted by Gasteiger charge is -2.09. The first kappa shape index (κ1) is 18.3. The topological polar surface area (TPSA) is 64.2 Å². The standard InChI is InChI=1S/C24H21N5OS/c1-15-11-13-16(14-12-15)25-23-27-29-22(30)20-18-9-5-6-10-19(18)31-21(20)26-24(29)28(23)17-7-3-2-4-8-17/h2-4,7-8,11-14H,5-6,9-10H2,1H3,(H,25,27). The van der Waals surface area contributed by atoms with E-state index in [-0.39, 0.29) is 5.56 Å². The highest BCUT2D eigenvalue weighted by Crippen LogP contribution is 2.34. The minimum absolute atomic E-state index is 0.0824. The van der Waals surface area contributed by atoms with Crippen LogP contribution in [0, 0.1) is 6.92 Å². The van der Waals surface area contributed by atoms with Gasteiger partial charge in [0.1, 0.15) is 4.83 Å². The van der Waals surface area contributed by atoms with Gasteiger partial charge in [-0.2, -0.15) is 4.52 Å². The molecule has 0 atom stereocenters. The monoisotopic (exact) mass is 427 g/mol. The molecule has 0 aliphatic heterocycles. The normalized spacial score (nSPS) is 13.6. The summed E-state index contributed by atoms with van der Waals surface area (Å²) < 4.78 is 3.37. The fraction of sp³-hybridized carbons (Fsp3) is 0.208. The summed E-state index contributed by atoms with van der Waals surface area (Å²) in [7, 11) is 0. The smallest absolute Gasteiger partial charge is 0.284 e. The molecule has 0 saturated carbocycles. The molecule has 0 bridgehead atoms. The summed E-state index contributed by atoms with van der Waals surface area (Å²) in [6.07, 6.45) is 4.29. The van der Waals surface area contributed by atoms with Crippen LogP contribution in [-0.2, 0) is 12.8 Å². The van der Waals surface area contributed by atoms with E-state index in [1.54, 1.807) is 11.3 Å². The summed E-state index contributed by atoms with van der Waals surface area (Å²) in [6, 6.07) is 18.0. The first-order valence-electron chi connectivity index (χ1n) is 10.5. The maximum absolute atomic E-state index is 13.5. The molecule has 0 spiro atoms. The van der Waals surface area contributed by atoms with Gasteiger partial charge in [0.15, 0.2) is 0 Å². The maximum atomic E-state index is 13.5. The first-order valence-corrected chi connectivity index (χ1v) is 11.4. The second kappa shape index (κ2) is 7.06. The third-order valence-corrected chi connectivity index (χ3v) is 7.06. The predicted molar refractivity (Wildman–Crippen MR) is 125 cm³/mol. The summed E-state index contributed by atoms with van der Waals surface area (Å²) in [5.74, 6) is 1.09. The number of aromatic nitrogens is 4. The molecule has 1 N–H and O–H groups in total. The fourth-order valence-corrected chi connectivity index (χ4v) is 5.56. The SMILES string of the molecule is Cc1ccc(Nc2nn3c(=O)c4c5c(sc4nc3n2-c2ccccc2)CCCC5)cc1. The number of nitrogens with one attached hydrogen (secondary N) is 1. The summed E-state index contributed by atoms with van der Waals surface area (Å²) in [5, 5.41) is 8.81. The van der Waals surface area contributed by atoms with Crippen molar-refractivity contribution in [3.8, 4) is 5.69 Å². The molecule has 0 amide bonds. The van der Waals surface area contributed by atoms with Gasteiger partial charge in [-0.25, -0.2) is 9.55 Å². The highest BCUT2D eigenvalue weighted by Gasteiger charge is 2.24. The van der Waals surface area contributed by atoms with Crippen LogP contribution in [0.2, 0.25) is 0 Å². The van der Waals surface area contributed by atoms with Crippen LogP contribution in [0.15, 0.2) is 59.4 Å². The predicted octanol–water partition coefficient (Wildman–Crippen LogP) is 5.03. The van der Waals surface area contributed by atoms with E-state index in [0.717, 1.165) is 40.9 Å². The fourth-order valence-electron chi connectivity index (χ4n) is 4.32. The van der Waals surface area contributed by atoms with E-state index in [1.165, 1.54) is 26.9 Å². The number of para-hydroxylation sites is 1. The van der Waals surface area contributed by atoms with Crippen LogP contribution in [0.3, 0.4) is 0 Å². The Morgan fingerprint density at radius 3 is 2.58 bits per heavy atom. The molecule has 0 unspecified atom stereocenters. The average molecular weight is 428 g/mol. The van der Waals surface area contributed by atoms with Gasteiger partial charge in [0.2, 0.25) is 11.7 Å². The van der Waals surface area contributed by atoms with Gasteiger partial charge >= 0.3 is 0 Å². The number of rotatable bonds is 3. The Labute approximate surface area is 182 Å². The van der Waals surface area contributed by atoms with Gasteiger partial charge in [-0.3, -0.25) is 4.79 Å². The number of aryl methyl sites for hydroxylation is 3. The third-order valence-electron chi connectivity index (χ3n) is 5.88. The molecule has 0 saturated heterocycles. The Balaban J connectivity index is 1.63. The Kier molecular flexibility index (Phi) is 4.17.